The van der Waals surface area contributed by atoms with Crippen molar-refractivity contribution in [3.05, 3.63) is 77.9 Å². The molecule has 3 aliphatic rings. The number of methoxy groups -OCH3 is 1. The molecule has 16 heteroatoms. The largest absolute Gasteiger partial charge is 0.497 e. The van der Waals surface area contributed by atoms with Crippen LogP contribution in [0.5, 0.6) is 5.75 Å². The highest BCUT2D eigenvalue weighted by Crippen LogP contribution is 2.59. The maximum Gasteiger partial charge on any atom is 0.285 e. The number of hydrogen-bond acceptors (Lipinski definition) is 8. The number of carbonyl (C=O) groups is 1. The lowest BCUT2D eigenvalue weighted by molar-refractivity contribution is 0.102. The Morgan fingerprint density at radius 2 is 1.54 bits per heavy atom. The first-order valence-electron chi connectivity index (χ1n) is 16.1. The van der Waals surface area contributed by atoms with Gasteiger partial charge in [0.2, 0.25) is 5.96 Å². The van der Waals surface area contributed by atoms with Crippen molar-refractivity contribution in [2.75, 3.05) is 56.4 Å². The van der Waals surface area contributed by atoms with Crippen molar-refractivity contribution in [2.24, 2.45) is 10.3 Å². The molecule has 6 rings (SSSR count). The number of rotatable bonds is 8. The Hall–Kier alpha value is -4.15. The van der Waals surface area contributed by atoms with Crippen molar-refractivity contribution in [3.63, 3.8) is 0 Å². The molecule has 2 heterocycles. The Bertz CT molecular complexity index is 2170. The monoisotopic (exact) mass is 743 g/mol. The van der Waals surface area contributed by atoms with E-state index in [1.54, 1.807) is 68.3 Å². The average molecular weight is 744 g/mol. The zero-order chi connectivity index (χ0) is 36.2. The Morgan fingerprint density at radius 3 is 2.16 bits per heavy atom. The Balaban J connectivity index is 1.39. The predicted molar refractivity (Wildman–Crippen MR) is 192 cm³/mol. The number of sulfonamides is 2. The number of carbonyl (C=O) groups excluding carboxylic acids is 1. The number of benzene rings is 3. The first kappa shape index (κ1) is 35.7. The quantitative estimate of drug-likeness (QED) is 0.267. The third-order valence-electron chi connectivity index (χ3n) is 9.63. The third kappa shape index (κ3) is 6.55. The number of nitrogens with zero attached hydrogens (tertiary/aromatic N) is 4. The normalized spacial score (nSPS) is 19.4. The molecule has 1 atom stereocenters. The van der Waals surface area contributed by atoms with Crippen LogP contribution in [0.1, 0.15) is 41.6 Å². The molecule has 1 N–H and O–H groups in total. The van der Waals surface area contributed by atoms with Crippen LogP contribution in [-0.4, -0.2) is 99.8 Å². The standard InChI is InChI=1S/C34H41N5O8S3/c1-37(2)33(38(3)4)36-49(43,44)27-10-6-8-25(21-27)35-32(40)24-14-15-30-29(20-24)34(16-18-48(41,42)19-17-34)31(23-12-13-23)39(30)50(45,46)28-11-7-9-26(22-28)47-5/h6-11,14-15,20-23,31H,12-13,16-19H2,1-5H3,(H,35,40). The molecular formula is C34H41N5O8S3. The highest BCUT2D eigenvalue weighted by Gasteiger charge is 2.60. The molecule has 1 saturated heterocycles. The molecule has 0 radical (unpaired) electrons. The molecule has 3 aromatic rings. The van der Waals surface area contributed by atoms with Gasteiger partial charge in [0, 0.05) is 50.9 Å². The van der Waals surface area contributed by atoms with Crippen LogP contribution in [-0.2, 0) is 35.3 Å². The fourth-order valence-electron chi connectivity index (χ4n) is 7.14. The van der Waals surface area contributed by atoms with Gasteiger partial charge in [-0.1, -0.05) is 12.1 Å². The summed E-state index contributed by atoms with van der Waals surface area (Å²) in [5, 5.41) is 2.78. The Labute approximate surface area is 294 Å². The van der Waals surface area contributed by atoms with Gasteiger partial charge >= 0.3 is 0 Å². The summed E-state index contributed by atoms with van der Waals surface area (Å²) in [7, 11) is -3.41. The van der Waals surface area contributed by atoms with Crippen molar-refractivity contribution in [1.82, 2.24) is 9.80 Å². The summed E-state index contributed by atoms with van der Waals surface area (Å²) in [6, 6.07) is 16.3. The van der Waals surface area contributed by atoms with E-state index in [-0.39, 0.29) is 57.3 Å². The molecule has 13 nitrogen and oxygen atoms in total. The number of sulfone groups is 1. The molecule has 1 saturated carbocycles. The summed E-state index contributed by atoms with van der Waals surface area (Å²) in [4.78, 5) is 16.8. The smallest absolute Gasteiger partial charge is 0.285 e. The van der Waals surface area contributed by atoms with Crippen molar-refractivity contribution < 1.29 is 34.8 Å². The van der Waals surface area contributed by atoms with Gasteiger partial charge in [-0.05, 0) is 85.7 Å². The molecule has 1 aliphatic carbocycles. The molecule has 2 fully saturated rings. The van der Waals surface area contributed by atoms with Crippen LogP contribution in [0.25, 0.3) is 0 Å². The van der Waals surface area contributed by atoms with Gasteiger partial charge in [0.15, 0.2) is 0 Å². The average Bonchev–Trinajstić information content (AvgIpc) is 3.87. The summed E-state index contributed by atoms with van der Waals surface area (Å²) in [6.45, 7) is 0. The number of hydrogen-bond donors (Lipinski definition) is 1. The maximum absolute atomic E-state index is 14.5. The Kier molecular flexibility index (Phi) is 9.18. The molecule has 2 aliphatic heterocycles. The highest BCUT2D eigenvalue weighted by molar-refractivity contribution is 7.93. The van der Waals surface area contributed by atoms with Gasteiger partial charge in [0.05, 0.1) is 40.1 Å². The van der Waals surface area contributed by atoms with Crippen molar-refractivity contribution in [1.29, 1.82) is 0 Å². The van der Waals surface area contributed by atoms with Gasteiger partial charge in [-0.2, -0.15) is 8.42 Å². The minimum absolute atomic E-state index is 0.0220. The van der Waals surface area contributed by atoms with Gasteiger partial charge in [0.1, 0.15) is 15.6 Å². The fourth-order valence-corrected chi connectivity index (χ4v) is 11.7. The van der Waals surface area contributed by atoms with Crippen LogP contribution < -0.4 is 14.4 Å². The third-order valence-corrected chi connectivity index (χ3v) is 14.3. The molecule has 0 aromatic heterocycles. The summed E-state index contributed by atoms with van der Waals surface area (Å²) in [5.74, 6) is -0.0941. The first-order valence-corrected chi connectivity index (χ1v) is 20.8. The predicted octanol–water partition coefficient (Wildman–Crippen LogP) is 3.55. The second kappa shape index (κ2) is 12.9. The molecule has 50 heavy (non-hydrogen) atoms. The van der Waals surface area contributed by atoms with E-state index in [0.717, 1.165) is 12.8 Å². The minimum atomic E-state index is -4.13. The highest BCUT2D eigenvalue weighted by atomic mass is 32.2. The second-order valence-corrected chi connectivity index (χ2v) is 19.2. The van der Waals surface area contributed by atoms with E-state index in [0.29, 0.717) is 17.0 Å². The lowest BCUT2D eigenvalue weighted by Gasteiger charge is -2.41. The van der Waals surface area contributed by atoms with Crippen LogP contribution in [0.15, 0.2) is 80.9 Å². The second-order valence-electron chi connectivity index (χ2n) is 13.4. The summed E-state index contributed by atoms with van der Waals surface area (Å²) in [6.07, 6.45) is 2.05. The van der Waals surface area contributed by atoms with E-state index in [2.05, 4.69) is 9.71 Å². The number of fused-ring (bicyclic) bond motifs is 2. The van der Waals surface area contributed by atoms with Crippen LogP contribution in [0.3, 0.4) is 0 Å². The number of ether oxygens (including phenoxy) is 1. The fraction of sp³-hybridized carbons (Fsp3) is 0.412. The first-order chi connectivity index (χ1) is 23.5. The van der Waals surface area contributed by atoms with Crippen LogP contribution in [0.4, 0.5) is 11.4 Å². The van der Waals surface area contributed by atoms with Crippen molar-refractivity contribution >= 4 is 53.1 Å². The van der Waals surface area contributed by atoms with E-state index in [9.17, 15) is 30.0 Å². The summed E-state index contributed by atoms with van der Waals surface area (Å²) < 4.78 is 91.5. The Morgan fingerprint density at radius 1 is 0.900 bits per heavy atom. The van der Waals surface area contributed by atoms with E-state index in [1.165, 1.54) is 47.8 Å². The number of nitrogens with one attached hydrogen (secondary N) is 1. The molecule has 268 valence electrons. The van der Waals surface area contributed by atoms with E-state index in [1.807, 2.05) is 0 Å². The van der Waals surface area contributed by atoms with E-state index >= 15 is 0 Å². The zero-order valence-corrected chi connectivity index (χ0v) is 31.0. The summed E-state index contributed by atoms with van der Waals surface area (Å²) >= 11 is 0. The van der Waals surface area contributed by atoms with Gasteiger partial charge in [-0.15, -0.1) is 4.40 Å². The topological polar surface area (TPSA) is 163 Å². The maximum atomic E-state index is 14.5. The molecule has 1 amide bonds. The minimum Gasteiger partial charge on any atom is -0.497 e. The van der Waals surface area contributed by atoms with Crippen LogP contribution in [0.2, 0.25) is 0 Å². The van der Waals surface area contributed by atoms with Gasteiger partial charge in [-0.25, -0.2) is 16.8 Å². The van der Waals surface area contributed by atoms with E-state index in [4.69, 9.17) is 4.74 Å². The number of guanidine groups is 1. The molecule has 3 aromatic carbocycles. The van der Waals surface area contributed by atoms with Crippen molar-refractivity contribution in [2.45, 2.75) is 46.9 Å². The van der Waals surface area contributed by atoms with Crippen LogP contribution >= 0.6 is 0 Å². The lowest BCUT2D eigenvalue weighted by Crippen LogP contribution is -2.52. The van der Waals surface area contributed by atoms with E-state index < -0.39 is 47.2 Å². The van der Waals surface area contributed by atoms with Gasteiger partial charge < -0.3 is 19.9 Å². The zero-order valence-electron chi connectivity index (χ0n) is 28.5. The van der Waals surface area contributed by atoms with Gasteiger partial charge in [0.25, 0.3) is 26.0 Å². The molecule has 1 spiro atoms. The molecule has 0 bridgehead atoms. The molecule has 1 unspecified atom stereocenters. The lowest BCUT2D eigenvalue weighted by atomic mass is 9.70. The van der Waals surface area contributed by atoms with Crippen molar-refractivity contribution in [3.8, 4) is 5.75 Å². The van der Waals surface area contributed by atoms with Gasteiger partial charge in [-0.3, -0.25) is 9.10 Å². The molecular weight excluding hydrogens is 703 g/mol. The SMILES string of the molecule is COc1cccc(S(=O)(=O)N2c3ccc(C(=O)Nc4cccc(S(=O)(=O)N=C(N(C)C)N(C)C)c4)cc3C3(CCS(=O)(=O)CC3)C2C2CC2)c1. The number of anilines is 2. The number of amides is 1. The van der Waals surface area contributed by atoms with Crippen LogP contribution in [0, 0.1) is 5.92 Å². The summed E-state index contributed by atoms with van der Waals surface area (Å²) in [5.41, 5.74) is 0.658.